The molecule has 0 aliphatic carbocycles. The maximum absolute atomic E-state index is 4.00. The Hall–Kier alpha value is -2.74. The maximum Gasteiger partial charge on any atom is 0.0693 e. The van der Waals surface area contributed by atoms with Gasteiger partial charge in [0.1, 0.15) is 0 Å². The second-order valence-electron chi connectivity index (χ2n) is 4.86. The van der Waals surface area contributed by atoms with Crippen LogP contribution in [0.5, 0.6) is 0 Å². The van der Waals surface area contributed by atoms with Crippen molar-refractivity contribution in [1.82, 2.24) is 9.80 Å². The molecule has 1 aliphatic rings. The van der Waals surface area contributed by atoms with E-state index in [4.69, 9.17) is 0 Å². The minimum Gasteiger partial charge on any atom is -0.341 e. The molecule has 0 aromatic carbocycles. The van der Waals surface area contributed by atoms with Crippen LogP contribution in [0.4, 0.5) is 0 Å². The summed E-state index contributed by atoms with van der Waals surface area (Å²) in [6.45, 7) is 19.7. The number of allylic oxidation sites excluding steroid dienone is 9. The Morgan fingerprint density at radius 3 is 1.87 bits per heavy atom. The minimum absolute atomic E-state index is 0.965. The van der Waals surface area contributed by atoms with Gasteiger partial charge in [0.05, 0.1) is 22.8 Å². The van der Waals surface area contributed by atoms with Crippen LogP contribution in [0, 0.1) is 0 Å². The molecule has 0 saturated carbocycles. The number of hydrogen-bond donors (Lipinski definition) is 0. The summed E-state index contributed by atoms with van der Waals surface area (Å²) in [6.07, 6.45) is 17.4. The van der Waals surface area contributed by atoms with E-state index < -0.39 is 0 Å². The predicted octanol–water partition coefficient (Wildman–Crippen LogP) is 5.44. The van der Waals surface area contributed by atoms with Gasteiger partial charge in [-0.1, -0.05) is 50.6 Å². The van der Waals surface area contributed by atoms with Gasteiger partial charge in [0.2, 0.25) is 0 Å². The third-order valence-corrected chi connectivity index (χ3v) is 3.59. The first kappa shape index (κ1) is 18.3. The number of likely N-dealkylation sites (N-methyl/N-ethyl adjacent to an activating group) is 1. The van der Waals surface area contributed by atoms with Crippen molar-refractivity contribution >= 4 is 0 Å². The van der Waals surface area contributed by atoms with Gasteiger partial charge in [-0.3, -0.25) is 0 Å². The van der Waals surface area contributed by atoms with Crippen LogP contribution in [0.1, 0.15) is 13.8 Å². The molecule has 1 rings (SSSR count). The van der Waals surface area contributed by atoms with Crippen molar-refractivity contribution in [3.8, 4) is 0 Å². The molecule has 0 radical (unpaired) electrons. The molecule has 1 heterocycles. The third-order valence-electron chi connectivity index (χ3n) is 3.59. The first-order valence-electron chi connectivity index (χ1n) is 7.58. The molecule has 0 saturated heterocycles. The van der Waals surface area contributed by atoms with E-state index in [0.29, 0.717) is 0 Å². The molecule has 2 heteroatoms. The highest BCUT2D eigenvalue weighted by Crippen LogP contribution is 2.35. The molecule has 0 unspecified atom stereocenters. The maximum atomic E-state index is 4.00. The predicted molar refractivity (Wildman–Crippen MR) is 102 cm³/mol. The standard InChI is InChI=1S/C21H26N2/c1-8-14-16-17(10-3)23-19(12-5)18(11-4)22(7)21(15-9-2)20(23)13-6/h8-16H,1,4-6H2,2-3,7H3/b15-9-,16-14-,17-10+. The molecule has 0 spiro atoms. The van der Waals surface area contributed by atoms with Gasteiger partial charge in [-0.15, -0.1) is 0 Å². The first-order valence-corrected chi connectivity index (χ1v) is 7.58. The summed E-state index contributed by atoms with van der Waals surface area (Å²) in [6, 6.07) is 0. The molecule has 0 aromatic rings. The molecule has 0 fully saturated rings. The fraction of sp³-hybridized carbons (Fsp3) is 0.143. The van der Waals surface area contributed by atoms with Gasteiger partial charge in [-0.2, -0.15) is 0 Å². The van der Waals surface area contributed by atoms with Crippen LogP contribution in [0.25, 0.3) is 0 Å². The first-order chi connectivity index (χ1) is 11.1. The molecule has 1 aliphatic heterocycles. The van der Waals surface area contributed by atoms with Crippen molar-refractivity contribution in [3.63, 3.8) is 0 Å². The van der Waals surface area contributed by atoms with Gasteiger partial charge in [0.15, 0.2) is 0 Å². The lowest BCUT2D eigenvalue weighted by molar-refractivity contribution is 0.438. The van der Waals surface area contributed by atoms with E-state index in [-0.39, 0.29) is 0 Å². The Bertz CT molecular complexity index is 651. The molecule has 0 bridgehead atoms. The van der Waals surface area contributed by atoms with Crippen molar-refractivity contribution in [1.29, 1.82) is 0 Å². The molecule has 120 valence electrons. The van der Waals surface area contributed by atoms with Crippen LogP contribution in [0.2, 0.25) is 0 Å². The van der Waals surface area contributed by atoms with Crippen LogP contribution in [0.15, 0.2) is 109 Å². The molecular weight excluding hydrogens is 280 g/mol. The Morgan fingerprint density at radius 1 is 0.870 bits per heavy atom. The summed E-state index contributed by atoms with van der Waals surface area (Å²) in [5.74, 6) is 0. The Balaban J connectivity index is 3.74. The van der Waals surface area contributed by atoms with Gasteiger partial charge in [0.25, 0.3) is 0 Å². The van der Waals surface area contributed by atoms with Crippen LogP contribution >= 0.6 is 0 Å². The van der Waals surface area contributed by atoms with Gasteiger partial charge < -0.3 is 9.80 Å². The topological polar surface area (TPSA) is 6.48 Å². The lowest BCUT2D eigenvalue weighted by Crippen LogP contribution is -2.33. The zero-order valence-corrected chi connectivity index (χ0v) is 14.4. The van der Waals surface area contributed by atoms with Gasteiger partial charge in [-0.05, 0) is 44.2 Å². The van der Waals surface area contributed by atoms with Crippen molar-refractivity contribution in [2.45, 2.75) is 13.8 Å². The van der Waals surface area contributed by atoms with Crippen molar-refractivity contribution < 1.29 is 0 Å². The number of nitrogens with zero attached hydrogens (tertiary/aromatic N) is 2. The molecule has 0 amide bonds. The summed E-state index contributed by atoms with van der Waals surface area (Å²) >= 11 is 0. The zero-order chi connectivity index (χ0) is 17.4. The fourth-order valence-electron chi connectivity index (χ4n) is 2.57. The number of rotatable bonds is 7. The van der Waals surface area contributed by atoms with Crippen molar-refractivity contribution in [2.75, 3.05) is 7.05 Å². The summed E-state index contributed by atoms with van der Waals surface area (Å²) in [7, 11) is 2.02. The second kappa shape index (κ2) is 8.64. The van der Waals surface area contributed by atoms with Crippen LogP contribution in [-0.2, 0) is 0 Å². The molecule has 23 heavy (non-hydrogen) atoms. The van der Waals surface area contributed by atoms with E-state index in [1.165, 1.54) is 0 Å². The van der Waals surface area contributed by atoms with Crippen molar-refractivity contribution in [2.24, 2.45) is 0 Å². The normalized spacial score (nSPS) is 16.6. The van der Waals surface area contributed by atoms with E-state index in [9.17, 15) is 0 Å². The van der Waals surface area contributed by atoms with E-state index in [0.717, 1.165) is 28.5 Å². The summed E-state index contributed by atoms with van der Waals surface area (Å²) in [5.41, 5.74) is 5.02. The SMILES string of the molecule is C=C/C=C\C(=C/C)N1C(C=C)=C(C=C)N(C)C(/C=C\C)=C1C=C. The lowest BCUT2D eigenvalue weighted by Gasteiger charge is -2.39. The molecule has 0 N–H and O–H groups in total. The minimum atomic E-state index is 0.965. The Labute approximate surface area is 140 Å². The van der Waals surface area contributed by atoms with Gasteiger partial charge in [0, 0.05) is 12.7 Å². The van der Waals surface area contributed by atoms with Crippen LogP contribution in [0.3, 0.4) is 0 Å². The van der Waals surface area contributed by atoms with E-state index >= 15 is 0 Å². The average molecular weight is 306 g/mol. The Kier molecular flexibility index (Phi) is 6.88. The summed E-state index contributed by atoms with van der Waals surface area (Å²) < 4.78 is 0. The monoisotopic (exact) mass is 306 g/mol. The van der Waals surface area contributed by atoms with E-state index in [1.807, 2.05) is 63.4 Å². The highest BCUT2D eigenvalue weighted by Gasteiger charge is 2.27. The van der Waals surface area contributed by atoms with Crippen LogP contribution < -0.4 is 0 Å². The smallest absolute Gasteiger partial charge is 0.0693 e. The average Bonchev–Trinajstić information content (AvgIpc) is 2.57. The zero-order valence-electron chi connectivity index (χ0n) is 14.4. The lowest BCUT2D eigenvalue weighted by atomic mass is 10.1. The Morgan fingerprint density at radius 2 is 1.43 bits per heavy atom. The van der Waals surface area contributed by atoms with Gasteiger partial charge >= 0.3 is 0 Å². The highest BCUT2D eigenvalue weighted by molar-refractivity contribution is 5.50. The fourth-order valence-corrected chi connectivity index (χ4v) is 2.57. The molecule has 0 atom stereocenters. The quantitative estimate of drug-likeness (QED) is 0.578. The molecule has 0 aromatic heterocycles. The van der Waals surface area contributed by atoms with Crippen LogP contribution in [-0.4, -0.2) is 16.8 Å². The highest BCUT2D eigenvalue weighted by atomic mass is 15.3. The largest absolute Gasteiger partial charge is 0.341 e. The third kappa shape index (κ3) is 3.54. The number of hydrogen-bond acceptors (Lipinski definition) is 2. The summed E-state index contributed by atoms with van der Waals surface area (Å²) in [4.78, 5) is 4.23. The molecular formula is C21H26N2. The van der Waals surface area contributed by atoms with Crippen molar-refractivity contribution in [3.05, 3.63) is 109 Å². The molecule has 2 nitrogen and oxygen atoms in total. The summed E-state index contributed by atoms with van der Waals surface area (Å²) in [5, 5.41) is 0. The van der Waals surface area contributed by atoms with E-state index in [2.05, 4.69) is 42.2 Å². The second-order valence-corrected chi connectivity index (χ2v) is 4.86. The van der Waals surface area contributed by atoms with Gasteiger partial charge in [-0.25, -0.2) is 0 Å². The van der Waals surface area contributed by atoms with E-state index in [1.54, 1.807) is 6.08 Å².